The maximum atomic E-state index is 11.0. The molecule has 3 aromatic rings. The first-order valence-electron chi connectivity index (χ1n) is 9.17. The van der Waals surface area contributed by atoms with E-state index in [0.717, 1.165) is 21.8 Å². The van der Waals surface area contributed by atoms with Crippen LogP contribution < -0.4 is 0 Å². The van der Waals surface area contributed by atoms with Crippen molar-refractivity contribution >= 4 is 51.1 Å². The van der Waals surface area contributed by atoms with Gasteiger partial charge in [-0.05, 0) is 36.4 Å². The lowest BCUT2D eigenvalue weighted by molar-refractivity contribution is 0.0639. The summed E-state index contributed by atoms with van der Waals surface area (Å²) in [5.41, 5.74) is 1.99. The highest BCUT2D eigenvalue weighted by molar-refractivity contribution is 6.33. The fourth-order valence-electron chi connectivity index (χ4n) is 3.93. The van der Waals surface area contributed by atoms with Crippen molar-refractivity contribution in [3.8, 4) is 0 Å². The van der Waals surface area contributed by atoms with E-state index in [2.05, 4.69) is 9.47 Å². The SMILES string of the molecule is O=C(O)N1CCN(CC(O)Cn2c3ccc(Cl)cc3c3cc(Cl)ccc32)CC1. The van der Waals surface area contributed by atoms with Crippen molar-refractivity contribution in [3.63, 3.8) is 0 Å². The molecule has 1 aliphatic rings. The van der Waals surface area contributed by atoms with Crippen molar-refractivity contribution in [2.75, 3.05) is 32.7 Å². The second-order valence-corrected chi connectivity index (χ2v) is 8.03. The van der Waals surface area contributed by atoms with E-state index in [-0.39, 0.29) is 0 Å². The Kier molecular flexibility index (Phi) is 5.38. The molecule has 0 saturated carbocycles. The molecule has 1 atom stereocenters. The standard InChI is InChI=1S/C20H21Cl2N3O3/c21-13-1-3-18-16(9-13)17-10-14(22)2-4-19(17)25(18)12-15(26)11-23-5-7-24(8-6-23)20(27)28/h1-4,9-10,15,26H,5-8,11-12H2,(H,27,28). The van der Waals surface area contributed by atoms with E-state index in [0.29, 0.717) is 49.3 Å². The zero-order valence-electron chi connectivity index (χ0n) is 15.2. The number of aliphatic hydroxyl groups is 1. The summed E-state index contributed by atoms with van der Waals surface area (Å²) in [6.45, 7) is 3.12. The molecule has 0 spiro atoms. The molecule has 2 aromatic carbocycles. The van der Waals surface area contributed by atoms with Gasteiger partial charge in [-0.2, -0.15) is 0 Å². The third-order valence-electron chi connectivity index (χ3n) is 5.29. The molecule has 148 valence electrons. The van der Waals surface area contributed by atoms with Crippen LogP contribution in [0.4, 0.5) is 4.79 Å². The second-order valence-electron chi connectivity index (χ2n) is 7.16. The molecule has 0 radical (unpaired) electrons. The number of benzene rings is 2. The van der Waals surface area contributed by atoms with Crippen LogP contribution in [0.25, 0.3) is 21.8 Å². The van der Waals surface area contributed by atoms with Gasteiger partial charge in [-0.25, -0.2) is 4.79 Å². The number of piperazine rings is 1. The van der Waals surface area contributed by atoms with Crippen LogP contribution in [-0.2, 0) is 6.54 Å². The number of hydrogen-bond acceptors (Lipinski definition) is 3. The highest BCUT2D eigenvalue weighted by Crippen LogP contribution is 2.33. The number of rotatable bonds is 4. The van der Waals surface area contributed by atoms with Crippen LogP contribution in [-0.4, -0.2) is 69.5 Å². The summed E-state index contributed by atoms with van der Waals surface area (Å²) >= 11 is 12.4. The summed E-state index contributed by atoms with van der Waals surface area (Å²) < 4.78 is 2.09. The van der Waals surface area contributed by atoms with Crippen LogP contribution in [0.5, 0.6) is 0 Å². The summed E-state index contributed by atoms with van der Waals surface area (Å²) in [5.74, 6) is 0. The number of hydrogen-bond donors (Lipinski definition) is 2. The van der Waals surface area contributed by atoms with Crippen LogP contribution in [0.3, 0.4) is 0 Å². The van der Waals surface area contributed by atoms with Gasteiger partial charge in [-0.3, -0.25) is 4.90 Å². The van der Waals surface area contributed by atoms with Gasteiger partial charge in [0.2, 0.25) is 0 Å². The van der Waals surface area contributed by atoms with Gasteiger partial charge >= 0.3 is 6.09 Å². The number of nitrogens with zero attached hydrogens (tertiary/aromatic N) is 3. The number of fused-ring (bicyclic) bond motifs is 3. The van der Waals surface area contributed by atoms with Gasteiger partial charge in [0, 0.05) is 64.6 Å². The highest BCUT2D eigenvalue weighted by Gasteiger charge is 2.23. The minimum absolute atomic E-state index is 0.433. The Bertz CT molecular complexity index is 969. The molecule has 8 heteroatoms. The predicted molar refractivity (Wildman–Crippen MR) is 112 cm³/mol. The summed E-state index contributed by atoms with van der Waals surface area (Å²) in [4.78, 5) is 14.5. The number of aliphatic hydroxyl groups excluding tert-OH is 1. The van der Waals surface area contributed by atoms with Gasteiger partial charge in [0.25, 0.3) is 0 Å². The van der Waals surface area contributed by atoms with Crippen molar-refractivity contribution in [2.24, 2.45) is 0 Å². The van der Waals surface area contributed by atoms with E-state index in [1.807, 2.05) is 36.4 Å². The Hall–Kier alpha value is -1.99. The van der Waals surface area contributed by atoms with Crippen molar-refractivity contribution in [1.82, 2.24) is 14.4 Å². The first-order valence-corrected chi connectivity index (χ1v) is 9.93. The largest absolute Gasteiger partial charge is 0.465 e. The lowest BCUT2D eigenvalue weighted by Gasteiger charge is -2.34. The minimum atomic E-state index is -0.886. The predicted octanol–water partition coefficient (Wildman–Crippen LogP) is 3.76. The van der Waals surface area contributed by atoms with Crippen LogP contribution >= 0.6 is 23.2 Å². The lowest BCUT2D eigenvalue weighted by Crippen LogP contribution is -2.50. The molecule has 0 bridgehead atoms. The molecule has 6 nitrogen and oxygen atoms in total. The Labute approximate surface area is 172 Å². The third-order valence-corrected chi connectivity index (χ3v) is 5.76. The summed E-state index contributed by atoms with van der Waals surface area (Å²) in [5, 5.41) is 23.1. The van der Waals surface area contributed by atoms with E-state index >= 15 is 0 Å². The smallest absolute Gasteiger partial charge is 0.407 e. The molecule has 1 saturated heterocycles. The fraction of sp³-hybridized carbons (Fsp3) is 0.350. The number of carbonyl (C=O) groups is 1. The molecule has 1 amide bonds. The molecule has 0 aliphatic carbocycles. The topological polar surface area (TPSA) is 68.9 Å². The Morgan fingerprint density at radius 2 is 1.46 bits per heavy atom. The lowest BCUT2D eigenvalue weighted by atomic mass is 10.1. The molecule has 4 rings (SSSR count). The zero-order valence-corrected chi connectivity index (χ0v) is 16.7. The molecular formula is C20H21Cl2N3O3. The Morgan fingerprint density at radius 3 is 1.96 bits per heavy atom. The van der Waals surface area contributed by atoms with Crippen LogP contribution in [0.2, 0.25) is 10.0 Å². The molecule has 28 heavy (non-hydrogen) atoms. The van der Waals surface area contributed by atoms with Gasteiger partial charge in [-0.15, -0.1) is 0 Å². The Balaban J connectivity index is 1.56. The molecular weight excluding hydrogens is 401 g/mol. The minimum Gasteiger partial charge on any atom is -0.465 e. The average molecular weight is 422 g/mol. The first-order chi connectivity index (χ1) is 13.4. The Morgan fingerprint density at radius 1 is 0.929 bits per heavy atom. The summed E-state index contributed by atoms with van der Waals surface area (Å²) in [6, 6.07) is 11.5. The van der Waals surface area contributed by atoms with Gasteiger partial charge in [-0.1, -0.05) is 23.2 Å². The van der Waals surface area contributed by atoms with Crippen LogP contribution in [0, 0.1) is 0 Å². The van der Waals surface area contributed by atoms with E-state index in [4.69, 9.17) is 28.3 Å². The molecule has 1 aromatic heterocycles. The van der Waals surface area contributed by atoms with E-state index in [1.165, 1.54) is 4.90 Å². The number of aromatic nitrogens is 1. The van der Waals surface area contributed by atoms with Gasteiger partial charge < -0.3 is 19.7 Å². The van der Waals surface area contributed by atoms with Gasteiger partial charge in [0.15, 0.2) is 0 Å². The molecule has 1 fully saturated rings. The number of carboxylic acid groups (broad SMARTS) is 1. The molecule has 1 unspecified atom stereocenters. The van der Waals surface area contributed by atoms with Crippen molar-refractivity contribution in [3.05, 3.63) is 46.4 Å². The van der Waals surface area contributed by atoms with Crippen LogP contribution in [0.15, 0.2) is 36.4 Å². The van der Waals surface area contributed by atoms with Crippen molar-refractivity contribution in [2.45, 2.75) is 12.6 Å². The quantitative estimate of drug-likeness (QED) is 0.672. The van der Waals surface area contributed by atoms with Crippen molar-refractivity contribution < 1.29 is 15.0 Å². The van der Waals surface area contributed by atoms with E-state index in [9.17, 15) is 9.90 Å². The second kappa shape index (κ2) is 7.79. The van der Waals surface area contributed by atoms with Gasteiger partial charge in [0.1, 0.15) is 0 Å². The zero-order chi connectivity index (χ0) is 19.8. The number of halogens is 2. The summed E-state index contributed by atoms with van der Waals surface area (Å²) in [6.07, 6.45) is -1.47. The fourth-order valence-corrected chi connectivity index (χ4v) is 4.28. The monoisotopic (exact) mass is 421 g/mol. The summed E-state index contributed by atoms with van der Waals surface area (Å²) in [7, 11) is 0. The number of β-amino-alcohol motifs (C(OH)–C–C–N with tert-alkyl or cyclic N) is 1. The maximum absolute atomic E-state index is 11.0. The van der Waals surface area contributed by atoms with Crippen LogP contribution in [0.1, 0.15) is 0 Å². The third kappa shape index (κ3) is 3.78. The molecule has 2 heterocycles. The molecule has 2 N–H and O–H groups in total. The van der Waals surface area contributed by atoms with Crippen molar-refractivity contribution in [1.29, 1.82) is 0 Å². The first kappa shape index (κ1) is 19.3. The van der Waals surface area contributed by atoms with E-state index in [1.54, 1.807) is 0 Å². The maximum Gasteiger partial charge on any atom is 0.407 e. The molecule has 1 aliphatic heterocycles. The van der Waals surface area contributed by atoms with Gasteiger partial charge in [0.05, 0.1) is 12.6 Å². The normalized spacial score (nSPS) is 16.8. The average Bonchev–Trinajstić information content (AvgIpc) is 2.94. The van der Waals surface area contributed by atoms with E-state index < -0.39 is 12.2 Å². The number of amides is 1. The highest BCUT2D eigenvalue weighted by atomic mass is 35.5.